The highest BCUT2D eigenvalue weighted by atomic mass is 19.4. The van der Waals surface area contributed by atoms with Crippen molar-refractivity contribution in [1.29, 1.82) is 0 Å². The minimum atomic E-state index is -4.08. The van der Waals surface area contributed by atoms with Gasteiger partial charge >= 0.3 is 6.18 Å². The van der Waals surface area contributed by atoms with Crippen molar-refractivity contribution in [3.63, 3.8) is 0 Å². The number of halogens is 3. The number of alkyl halides is 3. The largest absolute Gasteiger partial charge is 0.389 e. The summed E-state index contributed by atoms with van der Waals surface area (Å²) >= 11 is 0. The fourth-order valence-corrected chi connectivity index (χ4v) is 4.61. The molecule has 1 aliphatic rings. The number of aromatic nitrogens is 1. The summed E-state index contributed by atoms with van der Waals surface area (Å²) in [6, 6.07) is 4.38. The fourth-order valence-electron chi connectivity index (χ4n) is 4.61. The van der Waals surface area contributed by atoms with Gasteiger partial charge in [-0.1, -0.05) is 33.3 Å². The van der Waals surface area contributed by atoms with E-state index in [9.17, 15) is 13.2 Å². The van der Waals surface area contributed by atoms with Gasteiger partial charge < -0.3 is 9.47 Å². The SMILES string of the molecule is CCCCN(C)c1ccc2c(c1C)C(C)(C)c1cn(CCCC(F)(F)F)cc1-2. The summed E-state index contributed by atoms with van der Waals surface area (Å²) in [6.45, 7) is 10.3. The normalized spacial score (nSPS) is 14.9. The first-order valence-electron chi connectivity index (χ1n) is 10.2. The zero-order valence-corrected chi connectivity index (χ0v) is 17.6. The van der Waals surface area contributed by atoms with E-state index < -0.39 is 12.6 Å². The Labute approximate surface area is 166 Å². The molecule has 0 fully saturated rings. The van der Waals surface area contributed by atoms with E-state index in [1.807, 2.05) is 17.0 Å². The number of hydrogen-bond donors (Lipinski definition) is 0. The molecule has 0 spiro atoms. The number of hydrogen-bond acceptors (Lipinski definition) is 1. The standard InChI is InChI=1S/C23H31F3N2/c1-6-7-12-27(5)20-10-9-17-18-14-28(13-8-11-23(24,25)26)15-19(18)22(3,4)21(17)16(20)2/h9-10,14-15H,6-8,11-13H2,1-5H3. The van der Waals surface area contributed by atoms with E-state index in [2.05, 4.69) is 51.8 Å². The van der Waals surface area contributed by atoms with Crippen LogP contribution in [0.3, 0.4) is 0 Å². The Balaban J connectivity index is 1.90. The van der Waals surface area contributed by atoms with Crippen LogP contribution in [0, 0.1) is 6.92 Å². The van der Waals surface area contributed by atoms with E-state index >= 15 is 0 Å². The average Bonchev–Trinajstić information content (AvgIpc) is 3.10. The average molecular weight is 393 g/mol. The van der Waals surface area contributed by atoms with Crippen molar-refractivity contribution in [2.45, 2.75) is 71.5 Å². The molecule has 1 aromatic heterocycles. The van der Waals surface area contributed by atoms with E-state index in [-0.39, 0.29) is 11.8 Å². The molecular formula is C23H31F3N2. The lowest BCUT2D eigenvalue weighted by atomic mass is 9.80. The minimum Gasteiger partial charge on any atom is -0.374 e. The van der Waals surface area contributed by atoms with Crippen LogP contribution in [0.2, 0.25) is 0 Å². The van der Waals surface area contributed by atoms with E-state index in [0.29, 0.717) is 6.54 Å². The van der Waals surface area contributed by atoms with Crippen LogP contribution in [0.5, 0.6) is 0 Å². The van der Waals surface area contributed by atoms with Crippen molar-refractivity contribution < 1.29 is 13.2 Å². The third-order valence-corrected chi connectivity index (χ3v) is 6.04. The van der Waals surface area contributed by atoms with Crippen molar-refractivity contribution >= 4 is 5.69 Å². The van der Waals surface area contributed by atoms with Crippen molar-refractivity contribution in [2.75, 3.05) is 18.5 Å². The quantitative estimate of drug-likeness (QED) is 0.510. The summed E-state index contributed by atoms with van der Waals surface area (Å²) in [5.74, 6) is 0. The second-order valence-electron chi connectivity index (χ2n) is 8.57. The summed E-state index contributed by atoms with van der Waals surface area (Å²) in [7, 11) is 2.15. The fraction of sp³-hybridized carbons (Fsp3) is 0.565. The predicted octanol–water partition coefficient (Wildman–Crippen LogP) is 6.68. The van der Waals surface area contributed by atoms with Gasteiger partial charge in [-0.25, -0.2) is 0 Å². The molecule has 1 aromatic carbocycles. The number of aryl methyl sites for hydroxylation is 1. The van der Waals surface area contributed by atoms with Crippen LogP contribution in [0.4, 0.5) is 18.9 Å². The van der Waals surface area contributed by atoms with E-state index in [1.165, 1.54) is 40.8 Å². The number of fused-ring (bicyclic) bond motifs is 3. The second kappa shape index (κ2) is 7.49. The molecule has 0 atom stereocenters. The molecule has 1 heterocycles. The molecule has 2 nitrogen and oxygen atoms in total. The molecule has 0 saturated heterocycles. The molecule has 0 bridgehead atoms. The number of unbranched alkanes of at least 4 members (excludes halogenated alkanes) is 1. The summed E-state index contributed by atoms with van der Waals surface area (Å²) in [6.07, 6.45) is 1.71. The van der Waals surface area contributed by atoms with Gasteiger partial charge in [-0.15, -0.1) is 0 Å². The van der Waals surface area contributed by atoms with Crippen molar-refractivity contribution in [3.05, 3.63) is 41.2 Å². The first-order chi connectivity index (χ1) is 13.1. The van der Waals surface area contributed by atoms with E-state index in [0.717, 1.165) is 12.1 Å². The van der Waals surface area contributed by atoms with E-state index in [1.54, 1.807) is 0 Å². The zero-order valence-electron chi connectivity index (χ0n) is 17.6. The van der Waals surface area contributed by atoms with Gasteiger partial charge in [0.15, 0.2) is 0 Å². The number of anilines is 1. The van der Waals surface area contributed by atoms with Gasteiger partial charge in [-0.05, 0) is 48.1 Å². The Morgan fingerprint density at radius 2 is 1.79 bits per heavy atom. The summed E-state index contributed by atoms with van der Waals surface area (Å²) in [5.41, 5.74) is 7.37. The molecule has 0 amide bonds. The highest BCUT2D eigenvalue weighted by molar-refractivity contribution is 5.84. The lowest BCUT2D eigenvalue weighted by Crippen LogP contribution is -2.22. The molecule has 0 saturated carbocycles. The Morgan fingerprint density at radius 1 is 1.07 bits per heavy atom. The molecular weight excluding hydrogens is 361 g/mol. The third kappa shape index (κ3) is 3.81. The van der Waals surface area contributed by atoms with Crippen LogP contribution in [0.25, 0.3) is 11.1 Å². The van der Waals surface area contributed by atoms with Crippen LogP contribution >= 0.6 is 0 Å². The van der Waals surface area contributed by atoms with Gasteiger partial charge in [0.2, 0.25) is 0 Å². The summed E-state index contributed by atoms with van der Waals surface area (Å²) in [5, 5.41) is 0. The van der Waals surface area contributed by atoms with Crippen LogP contribution < -0.4 is 4.90 Å². The molecule has 0 unspecified atom stereocenters. The lowest BCUT2D eigenvalue weighted by Gasteiger charge is -2.28. The Hall–Kier alpha value is -1.91. The van der Waals surface area contributed by atoms with Gasteiger partial charge in [-0.2, -0.15) is 13.2 Å². The van der Waals surface area contributed by atoms with Crippen molar-refractivity contribution in [1.82, 2.24) is 4.57 Å². The van der Waals surface area contributed by atoms with Crippen LogP contribution in [0.1, 0.15) is 63.1 Å². The maximum atomic E-state index is 12.5. The maximum absolute atomic E-state index is 12.5. The first-order valence-corrected chi connectivity index (χ1v) is 10.2. The van der Waals surface area contributed by atoms with Gasteiger partial charge in [0.05, 0.1) is 0 Å². The Kier molecular flexibility index (Phi) is 5.57. The second-order valence-corrected chi connectivity index (χ2v) is 8.57. The molecule has 0 N–H and O–H groups in total. The smallest absolute Gasteiger partial charge is 0.374 e. The van der Waals surface area contributed by atoms with Crippen molar-refractivity contribution in [3.8, 4) is 11.1 Å². The molecule has 0 aliphatic heterocycles. The molecule has 5 heteroatoms. The highest BCUT2D eigenvalue weighted by Crippen LogP contribution is 2.52. The summed E-state index contributed by atoms with van der Waals surface area (Å²) < 4.78 is 39.3. The predicted molar refractivity (Wildman–Crippen MR) is 110 cm³/mol. The monoisotopic (exact) mass is 392 g/mol. The molecule has 154 valence electrons. The molecule has 1 aliphatic carbocycles. The van der Waals surface area contributed by atoms with E-state index in [4.69, 9.17) is 0 Å². The first kappa shape index (κ1) is 20.8. The van der Waals surface area contributed by atoms with Crippen LogP contribution in [-0.4, -0.2) is 24.3 Å². The zero-order chi connectivity index (χ0) is 20.7. The van der Waals surface area contributed by atoms with Gasteiger partial charge in [0, 0.05) is 55.6 Å². The van der Waals surface area contributed by atoms with Gasteiger partial charge in [0.1, 0.15) is 0 Å². The summed E-state index contributed by atoms with van der Waals surface area (Å²) in [4.78, 5) is 2.33. The maximum Gasteiger partial charge on any atom is 0.389 e. The van der Waals surface area contributed by atoms with Crippen molar-refractivity contribution in [2.24, 2.45) is 0 Å². The molecule has 28 heavy (non-hydrogen) atoms. The van der Waals surface area contributed by atoms with Crippen LogP contribution in [0.15, 0.2) is 24.5 Å². The minimum absolute atomic E-state index is 0.116. The number of benzene rings is 1. The number of nitrogens with zero attached hydrogens (tertiary/aromatic N) is 2. The molecule has 2 aromatic rings. The molecule has 0 radical (unpaired) electrons. The Bertz CT molecular complexity index is 846. The lowest BCUT2D eigenvalue weighted by molar-refractivity contribution is -0.135. The van der Waals surface area contributed by atoms with Gasteiger partial charge in [-0.3, -0.25) is 0 Å². The number of rotatable bonds is 7. The highest BCUT2D eigenvalue weighted by Gasteiger charge is 2.39. The van der Waals surface area contributed by atoms with Gasteiger partial charge in [0.25, 0.3) is 0 Å². The topological polar surface area (TPSA) is 8.17 Å². The van der Waals surface area contributed by atoms with Crippen LogP contribution in [-0.2, 0) is 12.0 Å². The Morgan fingerprint density at radius 3 is 2.43 bits per heavy atom. The third-order valence-electron chi connectivity index (χ3n) is 6.04. The molecule has 3 rings (SSSR count).